The van der Waals surface area contributed by atoms with Crippen molar-refractivity contribution in [3.63, 3.8) is 0 Å². The molecular weight excluding hydrogens is 178 g/mol. The summed E-state index contributed by atoms with van der Waals surface area (Å²) >= 11 is 0. The van der Waals surface area contributed by atoms with E-state index in [-0.39, 0.29) is 0 Å². The second-order valence-electron chi connectivity index (χ2n) is 2.92. The van der Waals surface area contributed by atoms with Crippen LogP contribution in [0.4, 0.5) is 0 Å². The van der Waals surface area contributed by atoms with Gasteiger partial charge in [-0.15, -0.1) is 0 Å². The summed E-state index contributed by atoms with van der Waals surface area (Å²) in [5.41, 5.74) is 0.965. The van der Waals surface area contributed by atoms with Crippen LogP contribution in [0, 0.1) is 0 Å². The summed E-state index contributed by atoms with van der Waals surface area (Å²) in [5, 5.41) is 3.17. The van der Waals surface area contributed by atoms with Gasteiger partial charge in [-0.2, -0.15) is 0 Å². The Morgan fingerprint density at radius 2 is 1.71 bits per heavy atom. The molecular formula is C11H17NO2. The molecule has 0 aliphatic rings. The van der Waals surface area contributed by atoms with Crippen LogP contribution < -0.4 is 5.32 Å². The molecule has 0 aromatic heterocycles. The fourth-order valence-electron chi connectivity index (χ4n) is 1.46. The Balaban J connectivity index is 2.98. The van der Waals surface area contributed by atoms with E-state index in [1.165, 1.54) is 0 Å². The maximum absolute atomic E-state index is 5.38. The Labute approximate surface area is 85.0 Å². The molecule has 0 bridgehead atoms. The van der Waals surface area contributed by atoms with Gasteiger partial charge in [0.05, 0.1) is 0 Å². The molecule has 0 aliphatic carbocycles. The zero-order chi connectivity index (χ0) is 10.4. The predicted molar refractivity (Wildman–Crippen MR) is 55.8 cm³/mol. The molecule has 14 heavy (non-hydrogen) atoms. The molecule has 0 atom stereocenters. The Hall–Kier alpha value is -0.900. The number of ether oxygens (including phenoxy) is 2. The molecule has 0 aliphatic heterocycles. The average Bonchev–Trinajstić information content (AvgIpc) is 2.27. The zero-order valence-electron chi connectivity index (χ0n) is 8.91. The van der Waals surface area contributed by atoms with E-state index in [4.69, 9.17) is 9.47 Å². The van der Waals surface area contributed by atoms with Crippen LogP contribution in [-0.4, -0.2) is 20.8 Å². The van der Waals surface area contributed by atoms with Gasteiger partial charge in [-0.1, -0.05) is 37.3 Å². The van der Waals surface area contributed by atoms with E-state index in [9.17, 15) is 0 Å². The van der Waals surface area contributed by atoms with Crippen molar-refractivity contribution in [1.82, 2.24) is 5.32 Å². The van der Waals surface area contributed by atoms with Gasteiger partial charge in [0.1, 0.15) is 0 Å². The topological polar surface area (TPSA) is 30.5 Å². The number of rotatable bonds is 5. The fraction of sp³-hybridized carbons (Fsp3) is 0.455. The Kier molecular flexibility index (Phi) is 4.07. The van der Waals surface area contributed by atoms with Gasteiger partial charge in [0, 0.05) is 19.8 Å². The second-order valence-corrected chi connectivity index (χ2v) is 2.92. The first-order valence-electron chi connectivity index (χ1n) is 4.70. The van der Waals surface area contributed by atoms with Crippen LogP contribution in [-0.2, 0) is 15.4 Å². The molecule has 3 heteroatoms. The molecule has 0 spiro atoms. The smallest absolute Gasteiger partial charge is 0.255 e. The van der Waals surface area contributed by atoms with Gasteiger partial charge in [0.15, 0.2) is 0 Å². The number of methoxy groups -OCH3 is 2. The summed E-state index contributed by atoms with van der Waals surface area (Å²) in [4.78, 5) is 0. The minimum absolute atomic E-state index is 0.774. The third-order valence-corrected chi connectivity index (χ3v) is 2.14. The van der Waals surface area contributed by atoms with Crippen molar-refractivity contribution >= 4 is 0 Å². The highest BCUT2D eigenvalue weighted by Crippen LogP contribution is 2.22. The lowest BCUT2D eigenvalue weighted by molar-refractivity contribution is -0.237. The van der Waals surface area contributed by atoms with E-state index >= 15 is 0 Å². The van der Waals surface area contributed by atoms with E-state index in [0.717, 1.165) is 12.1 Å². The van der Waals surface area contributed by atoms with Crippen molar-refractivity contribution in [3.05, 3.63) is 35.9 Å². The standard InChI is InChI=1S/C11H17NO2/c1-4-12-11(13-2,14-3)10-8-6-5-7-9-10/h5-9,12H,4H2,1-3H3. The van der Waals surface area contributed by atoms with Crippen molar-refractivity contribution in [2.45, 2.75) is 12.8 Å². The average molecular weight is 195 g/mol. The van der Waals surface area contributed by atoms with Gasteiger partial charge in [-0.3, -0.25) is 5.32 Å². The van der Waals surface area contributed by atoms with Crippen LogP contribution >= 0.6 is 0 Å². The van der Waals surface area contributed by atoms with Crippen molar-refractivity contribution in [2.75, 3.05) is 20.8 Å². The molecule has 0 fully saturated rings. The lowest BCUT2D eigenvalue weighted by Crippen LogP contribution is -2.45. The molecule has 0 saturated carbocycles. The number of hydrogen-bond acceptors (Lipinski definition) is 3. The minimum atomic E-state index is -0.823. The third-order valence-electron chi connectivity index (χ3n) is 2.14. The molecule has 0 radical (unpaired) electrons. The van der Waals surface area contributed by atoms with E-state index in [0.29, 0.717) is 0 Å². The molecule has 78 valence electrons. The summed E-state index contributed by atoms with van der Waals surface area (Å²) < 4.78 is 10.8. The van der Waals surface area contributed by atoms with Crippen LogP contribution in [0.1, 0.15) is 12.5 Å². The van der Waals surface area contributed by atoms with Crippen molar-refractivity contribution in [1.29, 1.82) is 0 Å². The first-order chi connectivity index (χ1) is 6.79. The molecule has 1 aromatic rings. The number of nitrogens with one attached hydrogen (secondary N) is 1. The quantitative estimate of drug-likeness (QED) is 0.725. The largest absolute Gasteiger partial charge is 0.337 e. The highest BCUT2D eigenvalue weighted by molar-refractivity contribution is 5.19. The van der Waals surface area contributed by atoms with Gasteiger partial charge in [0.25, 0.3) is 5.91 Å². The molecule has 1 N–H and O–H groups in total. The molecule has 0 amide bonds. The van der Waals surface area contributed by atoms with Crippen LogP contribution in [0.25, 0.3) is 0 Å². The van der Waals surface area contributed by atoms with E-state index in [1.807, 2.05) is 37.3 Å². The van der Waals surface area contributed by atoms with Crippen molar-refractivity contribution in [2.24, 2.45) is 0 Å². The SMILES string of the molecule is CCNC(OC)(OC)c1ccccc1. The molecule has 0 saturated heterocycles. The summed E-state index contributed by atoms with van der Waals surface area (Å²) in [6.07, 6.45) is 0. The molecule has 1 aromatic carbocycles. The molecule has 0 unspecified atom stereocenters. The lowest BCUT2D eigenvalue weighted by atomic mass is 10.1. The van der Waals surface area contributed by atoms with Crippen LogP contribution in [0.5, 0.6) is 0 Å². The van der Waals surface area contributed by atoms with Crippen LogP contribution in [0.15, 0.2) is 30.3 Å². The Morgan fingerprint density at radius 1 is 1.14 bits per heavy atom. The third kappa shape index (κ3) is 2.12. The highest BCUT2D eigenvalue weighted by Gasteiger charge is 2.30. The van der Waals surface area contributed by atoms with Crippen LogP contribution in [0.3, 0.4) is 0 Å². The van der Waals surface area contributed by atoms with Gasteiger partial charge in [0.2, 0.25) is 0 Å². The van der Waals surface area contributed by atoms with Gasteiger partial charge < -0.3 is 9.47 Å². The molecule has 1 rings (SSSR count). The summed E-state index contributed by atoms with van der Waals surface area (Å²) in [7, 11) is 3.25. The summed E-state index contributed by atoms with van der Waals surface area (Å²) in [6, 6.07) is 9.82. The maximum Gasteiger partial charge on any atom is 0.255 e. The zero-order valence-corrected chi connectivity index (χ0v) is 8.91. The van der Waals surface area contributed by atoms with Gasteiger partial charge in [-0.25, -0.2) is 0 Å². The lowest BCUT2D eigenvalue weighted by Gasteiger charge is -2.31. The normalized spacial score (nSPS) is 11.6. The Morgan fingerprint density at radius 3 is 2.14 bits per heavy atom. The predicted octanol–water partition coefficient (Wildman–Crippen LogP) is 1.70. The molecule has 0 heterocycles. The monoisotopic (exact) mass is 195 g/mol. The van der Waals surface area contributed by atoms with Crippen molar-refractivity contribution < 1.29 is 9.47 Å². The van der Waals surface area contributed by atoms with E-state index in [1.54, 1.807) is 14.2 Å². The van der Waals surface area contributed by atoms with Gasteiger partial charge >= 0.3 is 0 Å². The van der Waals surface area contributed by atoms with Crippen molar-refractivity contribution in [3.8, 4) is 0 Å². The molecule has 3 nitrogen and oxygen atoms in total. The summed E-state index contributed by atoms with van der Waals surface area (Å²) in [5.74, 6) is -0.823. The second kappa shape index (κ2) is 5.10. The number of hydrogen-bond donors (Lipinski definition) is 1. The van der Waals surface area contributed by atoms with Gasteiger partial charge in [-0.05, 0) is 6.54 Å². The highest BCUT2D eigenvalue weighted by atomic mass is 16.7. The first-order valence-corrected chi connectivity index (χ1v) is 4.70. The Bertz CT molecular complexity index is 257. The summed E-state index contributed by atoms with van der Waals surface area (Å²) in [6.45, 7) is 2.78. The van der Waals surface area contributed by atoms with E-state index in [2.05, 4.69) is 5.32 Å². The number of benzene rings is 1. The minimum Gasteiger partial charge on any atom is -0.337 e. The maximum atomic E-state index is 5.38. The van der Waals surface area contributed by atoms with Crippen LogP contribution in [0.2, 0.25) is 0 Å². The fourth-order valence-corrected chi connectivity index (χ4v) is 1.46. The van der Waals surface area contributed by atoms with E-state index < -0.39 is 5.91 Å². The first kappa shape index (κ1) is 11.2.